The molecule has 0 radical (unpaired) electrons. The molecule has 0 saturated carbocycles. The zero-order chi connectivity index (χ0) is 24.4. The van der Waals surface area contributed by atoms with E-state index in [1.54, 1.807) is 31.8 Å². The quantitative estimate of drug-likeness (QED) is 0.451. The maximum absolute atomic E-state index is 13.6. The molecule has 0 aliphatic heterocycles. The summed E-state index contributed by atoms with van der Waals surface area (Å²) in [5.74, 6) is -0.680. The van der Waals surface area contributed by atoms with Gasteiger partial charge in [-0.25, -0.2) is 4.98 Å². The molecule has 0 saturated heterocycles. The SMILES string of the molecule is Cn1cncc1-c1ccc(NC(=O)C(NC(=O)c2ccnn2C)[C@@H]2CCCc3ccccc32)cc1. The Balaban J connectivity index is 1.41. The number of nitrogens with zero attached hydrogens (tertiary/aromatic N) is 4. The Labute approximate surface area is 204 Å². The number of benzene rings is 2. The third-order valence-corrected chi connectivity index (χ3v) is 6.71. The highest BCUT2D eigenvalue weighted by atomic mass is 16.2. The smallest absolute Gasteiger partial charge is 0.270 e. The normalized spacial score (nSPS) is 15.8. The minimum absolute atomic E-state index is 0.120. The van der Waals surface area contributed by atoms with Crippen LogP contribution in [0.5, 0.6) is 0 Å². The van der Waals surface area contributed by atoms with Crippen molar-refractivity contribution in [1.82, 2.24) is 24.6 Å². The van der Waals surface area contributed by atoms with E-state index in [-0.39, 0.29) is 17.7 Å². The fraction of sp³-hybridized carbons (Fsp3) is 0.259. The number of carbonyl (C=O) groups excluding carboxylic acids is 2. The van der Waals surface area contributed by atoms with E-state index in [0.29, 0.717) is 11.4 Å². The molecule has 0 bridgehead atoms. The minimum Gasteiger partial charge on any atom is -0.338 e. The number of aromatic nitrogens is 4. The summed E-state index contributed by atoms with van der Waals surface area (Å²) in [5, 5.41) is 10.1. The fourth-order valence-electron chi connectivity index (χ4n) is 4.88. The first-order chi connectivity index (χ1) is 17.0. The van der Waals surface area contributed by atoms with Gasteiger partial charge in [0, 0.05) is 31.9 Å². The Bertz CT molecular complexity index is 1350. The zero-order valence-corrected chi connectivity index (χ0v) is 19.8. The van der Waals surface area contributed by atoms with Crippen LogP contribution in [0.4, 0.5) is 5.69 Å². The van der Waals surface area contributed by atoms with E-state index in [1.165, 1.54) is 10.2 Å². The van der Waals surface area contributed by atoms with Gasteiger partial charge < -0.3 is 15.2 Å². The van der Waals surface area contributed by atoms with E-state index in [4.69, 9.17) is 0 Å². The Kier molecular flexibility index (Phi) is 6.18. The second kappa shape index (κ2) is 9.58. The lowest BCUT2D eigenvalue weighted by atomic mass is 9.78. The number of amides is 2. The standard InChI is InChI=1S/C27H28N6O2/c1-32-17-28-16-24(32)19-10-12-20(13-11-19)30-27(35)25(31-26(34)23-14-15-29-33(23)2)22-9-5-7-18-6-3-4-8-21(18)22/h3-4,6,8,10-17,22,25H,5,7,9H2,1-2H3,(H,30,35)(H,31,34)/t22-,25?/m1/s1. The van der Waals surface area contributed by atoms with Crippen molar-refractivity contribution in [2.24, 2.45) is 14.1 Å². The lowest BCUT2D eigenvalue weighted by molar-refractivity contribution is -0.118. The highest BCUT2D eigenvalue weighted by Gasteiger charge is 2.34. The highest BCUT2D eigenvalue weighted by Crippen LogP contribution is 2.34. The van der Waals surface area contributed by atoms with Crippen LogP contribution in [0, 0.1) is 0 Å². The number of imidazole rings is 1. The predicted molar refractivity (Wildman–Crippen MR) is 134 cm³/mol. The topological polar surface area (TPSA) is 93.8 Å². The predicted octanol–water partition coefficient (Wildman–Crippen LogP) is 3.68. The number of anilines is 1. The molecule has 0 fully saturated rings. The Morgan fingerprint density at radius 1 is 1.06 bits per heavy atom. The monoisotopic (exact) mass is 468 g/mol. The average molecular weight is 469 g/mol. The molecule has 0 spiro atoms. The summed E-state index contributed by atoms with van der Waals surface area (Å²) in [6.07, 6.45) is 7.89. The summed E-state index contributed by atoms with van der Waals surface area (Å²) in [5.41, 5.74) is 5.43. The van der Waals surface area contributed by atoms with Crippen molar-refractivity contribution in [3.05, 3.63) is 90.1 Å². The largest absolute Gasteiger partial charge is 0.338 e. The summed E-state index contributed by atoms with van der Waals surface area (Å²) < 4.78 is 3.45. The van der Waals surface area contributed by atoms with Gasteiger partial charge in [0.05, 0.1) is 18.2 Å². The first-order valence-electron chi connectivity index (χ1n) is 11.8. The molecule has 35 heavy (non-hydrogen) atoms. The van der Waals surface area contributed by atoms with E-state index in [9.17, 15) is 9.59 Å². The first kappa shape index (κ1) is 22.6. The molecule has 5 rings (SSSR count). The zero-order valence-electron chi connectivity index (χ0n) is 19.8. The summed E-state index contributed by atoms with van der Waals surface area (Å²) in [6, 6.07) is 16.8. The van der Waals surface area contributed by atoms with Gasteiger partial charge in [-0.05, 0) is 54.2 Å². The summed E-state index contributed by atoms with van der Waals surface area (Å²) in [7, 11) is 3.65. The van der Waals surface area contributed by atoms with E-state index in [2.05, 4.69) is 32.8 Å². The molecule has 2 atom stereocenters. The molecule has 2 aromatic heterocycles. The van der Waals surface area contributed by atoms with Crippen LogP contribution >= 0.6 is 0 Å². The summed E-state index contributed by atoms with van der Waals surface area (Å²) >= 11 is 0. The van der Waals surface area contributed by atoms with Crippen molar-refractivity contribution in [2.45, 2.75) is 31.2 Å². The molecule has 2 aromatic carbocycles. The third kappa shape index (κ3) is 4.59. The number of hydrogen-bond acceptors (Lipinski definition) is 4. The van der Waals surface area contributed by atoms with E-state index < -0.39 is 6.04 Å². The van der Waals surface area contributed by atoms with Crippen LogP contribution in [-0.4, -0.2) is 37.2 Å². The number of fused-ring (bicyclic) bond motifs is 1. The van der Waals surface area contributed by atoms with Crippen LogP contribution in [0.2, 0.25) is 0 Å². The lowest BCUT2D eigenvalue weighted by Crippen LogP contribution is -2.48. The lowest BCUT2D eigenvalue weighted by Gasteiger charge is -2.32. The van der Waals surface area contributed by atoms with Crippen molar-refractivity contribution in [3.63, 3.8) is 0 Å². The van der Waals surface area contributed by atoms with Crippen LogP contribution < -0.4 is 10.6 Å². The number of carbonyl (C=O) groups is 2. The Morgan fingerprint density at radius 2 is 1.86 bits per heavy atom. The molecule has 1 aliphatic carbocycles. The number of aryl methyl sites for hydroxylation is 3. The average Bonchev–Trinajstić information content (AvgIpc) is 3.50. The van der Waals surface area contributed by atoms with E-state index in [1.807, 2.05) is 48.0 Å². The van der Waals surface area contributed by atoms with Gasteiger partial charge in [0.2, 0.25) is 5.91 Å². The van der Waals surface area contributed by atoms with E-state index in [0.717, 1.165) is 36.1 Å². The third-order valence-electron chi connectivity index (χ3n) is 6.71. The molecular formula is C27H28N6O2. The van der Waals surface area contributed by atoms with Gasteiger partial charge in [-0.2, -0.15) is 5.10 Å². The number of nitrogens with one attached hydrogen (secondary N) is 2. The van der Waals surface area contributed by atoms with Gasteiger partial charge in [0.1, 0.15) is 11.7 Å². The Hall–Kier alpha value is -4.20. The summed E-state index contributed by atoms with van der Waals surface area (Å²) in [4.78, 5) is 30.9. The number of rotatable bonds is 6. The molecule has 1 aliphatic rings. The van der Waals surface area contributed by atoms with Gasteiger partial charge in [-0.15, -0.1) is 0 Å². The van der Waals surface area contributed by atoms with Crippen LogP contribution in [-0.2, 0) is 25.3 Å². The van der Waals surface area contributed by atoms with Crippen molar-refractivity contribution in [1.29, 1.82) is 0 Å². The molecule has 178 valence electrons. The fourth-order valence-corrected chi connectivity index (χ4v) is 4.88. The molecular weight excluding hydrogens is 440 g/mol. The van der Waals surface area contributed by atoms with Crippen LogP contribution in [0.1, 0.15) is 40.4 Å². The van der Waals surface area contributed by atoms with Gasteiger partial charge in [-0.3, -0.25) is 14.3 Å². The molecule has 2 amide bonds. The maximum Gasteiger partial charge on any atom is 0.270 e. The molecule has 8 nitrogen and oxygen atoms in total. The van der Waals surface area contributed by atoms with Crippen LogP contribution in [0.3, 0.4) is 0 Å². The van der Waals surface area contributed by atoms with E-state index >= 15 is 0 Å². The minimum atomic E-state index is -0.726. The molecule has 2 heterocycles. The first-order valence-corrected chi connectivity index (χ1v) is 11.8. The highest BCUT2D eigenvalue weighted by molar-refractivity contribution is 6.01. The summed E-state index contributed by atoms with van der Waals surface area (Å²) in [6.45, 7) is 0. The second-order valence-corrected chi connectivity index (χ2v) is 8.95. The van der Waals surface area contributed by atoms with Gasteiger partial charge in [0.25, 0.3) is 5.91 Å². The molecule has 1 unspecified atom stereocenters. The number of hydrogen-bond donors (Lipinski definition) is 2. The van der Waals surface area contributed by atoms with Crippen molar-refractivity contribution in [2.75, 3.05) is 5.32 Å². The Morgan fingerprint density at radius 3 is 2.57 bits per heavy atom. The molecule has 2 N–H and O–H groups in total. The van der Waals surface area contributed by atoms with Gasteiger partial charge >= 0.3 is 0 Å². The van der Waals surface area contributed by atoms with Gasteiger partial charge in [-0.1, -0.05) is 36.4 Å². The maximum atomic E-state index is 13.6. The molecule has 8 heteroatoms. The van der Waals surface area contributed by atoms with Gasteiger partial charge in [0.15, 0.2) is 0 Å². The van der Waals surface area contributed by atoms with Crippen LogP contribution in [0.25, 0.3) is 11.3 Å². The molecule has 4 aromatic rings. The van der Waals surface area contributed by atoms with Crippen molar-refractivity contribution in [3.8, 4) is 11.3 Å². The van der Waals surface area contributed by atoms with Crippen molar-refractivity contribution < 1.29 is 9.59 Å². The second-order valence-electron chi connectivity index (χ2n) is 8.95. The van der Waals surface area contributed by atoms with Crippen molar-refractivity contribution >= 4 is 17.5 Å². The van der Waals surface area contributed by atoms with Crippen LogP contribution in [0.15, 0.2) is 73.3 Å².